The molecule has 1 aromatic rings. The first kappa shape index (κ1) is 14.0. The summed E-state index contributed by atoms with van der Waals surface area (Å²) in [4.78, 5) is 0. The smallest absolute Gasteiger partial charge is 0.0809 e. The quantitative estimate of drug-likeness (QED) is 0.736. The maximum atomic E-state index is 5.63. The Labute approximate surface area is 113 Å². The Kier molecular flexibility index (Phi) is 6.14. The van der Waals surface area contributed by atoms with Gasteiger partial charge in [0.05, 0.1) is 12.7 Å². The zero-order valence-electron chi connectivity index (χ0n) is 11.1. The SMILES string of the molecule is CC(NCCCOCC1CCCO1)c1ccsc1. The van der Waals surface area contributed by atoms with Gasteiger partial charge in [0.15, 0.2) is 0 Å². The van der Waals surface area contributed by atoms with Crippen LogP contribution in [0.4, 0.5) is 0 Å². The Balaban J connectivity index is 1.46. The van der Waals surface area contributed by atoms with Gasteiger partial charge in [0.2, 0.25) is 0 Å². The van der Waals surface area contributed by atoms with E-state index in [0.29, 0.717) is 12.1 Å². The zero-order valence-corrected chi connectivity index (χ0v) is 11.9. The highest BCUT2D eigenvalue weighted by Gasteiger charge is 2.14. The van der Waals surface area contributed by atoms with E-state index >= 15 is 0 Å². The van der Waals surface area contributed by atoms with Crippen molar-refractivity contribution in [2.75, 3.05) is 26.4 Å². The molecular formula is C14H23NO2S. The molecule has 2 unspecified atom stereocenters. The summed E-state index contributed by atoms with van der Waals surface area (Å²) in [5.41, 5.74) is 1.38. The van der Waals surface area contributed by atoms with E-state index in [2.05, 4.69) is 29.1 Å². The van der Waals surface area contributed by atoms with Gasteiger partial charge < -0.3 is 14.8 Å². The standard InChI is InChI=1S/C14H23NO2S/c1-12(13-5-9-18-11-13)15-6-3-7-16-10-14-4-2-8-17-14/h5,9,11-12,14-15H,2-4,6-8,10H2,1H3. The van der Waals surface area contributed by atoms with Gasteiger partial charge in [-0.3, -0.25) is 0 Å². The summed E-state index contributed by atoms with van der Waals surface area (Å²) in [6, 6.07) is 2.62. The van der Waals surface area contributed by atoms with Gasteiger partial charge in [0.25, 0.3) is 0 Å². The second-order valence-corrected chi connectivity index (χ2v) is 5.58. The van der Waals surface area contributed by atoms with Crippen molar-refractivity contribution < 1.29 is 9.47 Å². The first-order chi connectivity index (χ1) is 8.86. The molecule has 1 aliphatic rings. The van der Waals surface area contributed by atoms with Crippen molar-refractivity contribution in [1.82, 2.24) is 5.32 Å². The zero-order chi connectivity index (χ0) is 12.6. The van der Waals surface area contributed by atoms with Crippen LogP contribution in [-0.4, -0.2) is 32.5 Å². The molecule has 18 heavy (non-hydrogen) atoms. The van der Waals surface area contributed by atoms with Crippen LogP contribution in [0.1, 0.15) is 37.8 Å². The van der Waals surface area contributed by atoms with Gasteiger partial charge in [-0.1, -0.05) is 0 Å². The van der Waals surface area contributed by atoms with Crippen molar-refractivity contribution in [2.45, 2.75) is 38.3 Å². The van der Waals surface area contributed by atoms with Crippen LogP contribution in [0, 0.1) is 0 Å². The minimum Gasteiger partial charge on any atom is -0.379 e. The third kappa shape index (κ3) is 4.69. The number of thiophene rings is 1. The lowest BCUT2D eigenvalue weighted by atomic mass is 10.2. The molecule has 2 rings (SSSR count). The molecule has 2 atom stereocenters. The summed E-state index contributed by atoms with van der Waals surface area (Å²) >= 11 is 1.75. The van der Waals surface area contributed by atoms with Crippen LogP contribution < -0.4 is 5.32 Å². The van der Waals surface area contributed by atoms with Crippen LogP contribution >= 0.6 is 11.3 Å². The number of hydrogen-bond acceptors (Lipinski definition) is 4. The van der Waals surface area contributed by atoms with E-state index in [4.69, 9.17) is 9.47 Å². The van der Waals surface area contributed by atoms with Crippen molar-refractivity contribution in [3.05, 3.63) is 22.4 Å². The van der Waals surface area contributed by atoms with Crippen molar-refractivity contribution in [1.29, 1.82) is 0 Å². The average molecular weight is 269 g/mol. The van der Waals surface area contributed by atoms with Crippen LogP contribution in [0.5, 0.6) is 0 Å². The number of ether oxygens (including phenoxy) is 2. The normalized spacial score (nSPS) is 21.3. The summed E-state index contributed by atoms with van der Waals surface area (Å²) in [6.45, 7) is 5.70. The number of nitrogens with one attached hydrogen (secondary N) is 1. The van der Waals surface area contributed by atoms with Crippen LogP contribution in [0.2, 0.25) is 0 Å². The fourth-order valence-corrected chi connectivity index (χ4v) is 2.88. The van der Waals surface area contributed by atoms with Crippen molar-refractivity contribution in [2.24, 2.45) is 0 Å². The van der Waals surface area contributed by atoms with Gasteiger partial charge in [0, 0.05) is 19.3 Å². The lowest BCUT2D eigenvalue weighted by Gasteiger charge is -2.13. The first-order valence-electron chi connectivity index (χ1n) is 6.81. The molecule has 3 nitrogen and oxygen atoms in total. The van der Waals surface area contributed by atoms with Crippen molar-refractivity contribution in [3.8, 4) is 0 Å². The minimum atomic E-state index is 0.350. The number of rotatable bonds is 8. The van der Waals surface area contributed by atoms with E-state index in [-0.39, 0.29) is 0 Å². The lowest BCUT2D eigenvalue weighted by Crippen LogP contribution is -2.21. The second-order valence-electron chi connectivity index (χ2n) is 4.80. The van der Waals surface area contributed by atoms with Gasteiger partial charge >= 0.3 is 0 Å². The Bertz CT molecular complexity index is 310. The summed E-state index contributed by atoms with van der Waals surface area (Å²) in [5.74, 6) is 0. The molecule has 1 N–H and O–H groups in total. The molecule has 1 fully saturated rings. The fourth-order valence-electron chi connectivity index (χ4n) is 2.12. The van der Waals surface area contributed by atoms with Crippen LogP contribution in [-0.2, 0) is 9.47 Å². The highest BCUT2D eigenvalue weighted by atomic mass is 32.1. The lowest BCUT2D eigenvalue weighted by molar-refractivity contribution is 0.0165. The molecule has 0 aromatic carbocycles. The summed E-state index contributed by atoms with van der Waals surface area (Å²) in [5, 5.41) is 7.83. The maximum Gasteiger partial charge on any atom is 0.0809 e. The largest absolute Gasteiger partial charge is 0.379 e. The van der Waals surface area contributed by atoms with E-state index in [9.17, 15) is 0 Å². The summed E-state index contributed by atoms with van der Waals surface area (Å²) in [6.07, 6.45) is 3.75. The van der Waals surface area contributed by atoms with Gasteiger partial charge in [-0.2, -0.15) is 11.3 Å². The Morgan fingerprint density at radius 3 is 3.28 bits per heavy atom. The topological polar surface area (TPSA) is 30.5 Å². The Morgan fingerprint density at radius 2 is 2.56 bits per heavy atom. The maximum absolute atomic E-state index is 5.63. The predicted molar refractivity (Wildman–Crippen MR) is 75.1 cm³/mol. The summed E-state index contributed by atoms with van der Waals surface area (Å²) in [7, 11) is 0. The van der Waals surface area contributed by atoms with E-state index in [0.717, 1.165) is 39.2 Å². The van der Waals surface area contributed by atoms with Gasteiger partial charge in [0.1, 0.15) is 0 Å². The predicted octanol–water partition coefficient (Wildman–Crippen LogP) is 2.98. The van der Waals surface area contributed by atoms with Crippen molar-refractivity contribution in [3.63, 3.8) is 0 Å². The third-order valence-corrected chi connectivity index (χ3v) is 3.99. The molecule has 0 saturated carbocycles. The van der Waals surface area contributed by atoms with Crippen LogP contribution in [0.25, 0.3) is 0 Å². The molecule has 0 aliphatic carbocycles. The van der Waals surface area contributed by atoms with Gasteiger partial charge in [-0.25, -0.2) is 0 Å². The Morgan fingerprint density at radius 1 is 1.61 bits per heavy atom. The van der Waals surface area contributed by atoms with E-state index < -0.39 is 0 Å². The van der Waals surface area contributed by atoms with Crippen molar-refractivity contribution >= 4 is 11.3 Å². The molecule has 4 heteroatoms. The highest BCUT2D eigenvalue weighted by Crippen LogP contribution is 2.15. The van der Waals surface area contributed by atoms with Crippen LogP contribution in [0.15, 0.2) is 16.8 Å². The van der Waals surface area contributed by atoms with E-state index in [1.165, 1.54) is 12.0 Å². The first-order valence-corrected chi connectivity index (χ1v) is 7.75. The number of hydrogen-bond donors (Lipinski definition) is 1. The molecule has 2 heterocycles. The van der Waals surface area contributed by atoms with Crippen LogP contribution in [0.3, 0.4) is 0 Å². The molecule has 0 bridgehead atoms. The fraction of sp³-hybridized carbons (Fsp3) is 0.714. The second kappa shape index (κ2) is 7.89. The van der Waals surface area contributed by atoms with Gasteiger partial charge in [-0.05, 0) is 55.1 Å². The molecule has 0 spiro atoms. The Hall–Kier alpha value is -0.420. The summed E-state index contributed by atoms with van der Waals surface area (Å²) < 4.78 is 11.1. The van der Waals surface area contributed by atoms with Gasteiger partial charge in [-0.15, -0.1) is 0 Å². The molecule has 102 valence electrons. The monoisotopic (exact) mass is 269 g/mol. The highest BCUT2D eigenvalue weighted by molar-refractivity contribution is 7.07. The average Bonchev–Trinajstić information content (AvgIpc) is 3.05. The third-order valence-electron chi connectivity index (χ3n) is 3.29. The molecule has 1 aliphatic heterocycles. The molecular weight excluding hydrogens is 246 g/mol. The molecule has 1 saturated heterocycles. The minimum absolute atomic E-state index is 0.350. The molecule has 0 amide bonds. The van der Waals surface area contributed by atoms with E-state index in [1.54, 1.807) is 11.3 Å². The van der Waals surface area contributed by atoms with E-state index in [1.807, 2.05) is 0 Å². The molecule has 1 aromatic heterocycles. The molecule has 0 radical (unpaired) electrons.